The highest BCUT2D eigenvalue weighted by Crippen LogP contribution is 2.36. The summed E-state index contributed by atoms with van der Waals surface area (Å²) in [6, 6.07) is 9.00. The summed E-state index contributed by atoms with van der Waals surface area (Å²) < 4.78 is 2.13. The number of aryl methyl sites for hydroxylation is 3. The number of aromatic nitrogens is 2. The van der Waals surface area contributed by atoms with E-state index in [4.69, 9.17) is 12.2 Å². The van der Waals surface area contributed by atoms with Crippen LogP contribution in [0.15, 0.2) is 36.9 Å². The van der Waals surface area contributed by atoms with Gasteiger partial charge in [0, 0.05) is 25.2 Å². The molecule has 0 fully saturated rings. The summed E-state index contributed by atoms with van der Waals surface area (Å²) in [6.45, 7) is 11.0. The third kappa shape index (κ3) is 3.65. The number of imidazole rings is 1. The molecule has 0 aliphatic carbocycles. The standard InChI is InChI=1S/C22H26N4O2S/c1-6-15-10-17(21(28)12-20(15)27)13(3)26(22(29)23-5)16-8-9-18-19(11-16)25(7-2)14(4)24-18/h8-12,27-28H,3,6-7H2,1-2,4-5H3,(H,23,29). The summed E-state index contributed by atoms with van der Waals surface area (Å²) in [5.74, 6) is 0.960. The number of hydrogen-bond donors (Lipinski definition) is 3. The minimum absolute atomic E-state index is 0.0517. The van der Waals surface area contributed by atoms with Crippen molar-refractivity contribution < 1.29 is 10.2 Å². The first-order valence-corrected chi connectivity index (χ1v) is 9.96. The lowest BCUT2D eigenvalue weighted by Gasteiger charge is -2.28. The van der Waals surface area contributed by atoms with Gasteiger partial charge in [-0.2, -0.15) is 0 Å². The molecule has 7 heteroatoms. The van der Waals surface area contributed by atoms with Crippen LogP contribution < -0.4 is 10.2 Å². The van der Waals surface area contributed by atoms with Gasteiger partial charge in [0.2, 0.25) is 0 Å². The highest BCUT2D eigenvalue weighted by Gasteiger charge is 2.21. The Bertz CT molecular complexity index is 1100. The maximum absolute atomic E-state index is 10.5. The Morgan fingerprint density at radius 1 is 1.21 bits per heavy atom. The number of phenols is 2. The largest absolute Gasteiger partial charge is 0.508 e. The Morgan fingerprint density at radius 3 is 2.55 bits per heavy atom. The van der Waals surface area contributed by atoms with Gasteiger partial charge in [-0.3, -0.25) is 4.90 Å². The lowest BCUT2D eigenvalue weighted by Crippen LogP contribution is -2.36. The van der Waals surface area contributed by atoms with Crippen LogP contribution in [-0.2, 0) is 13.0 Å². The quantitative estimate of drug-likeness (QED) is 0.544. The predicted molar refractivity (Wildman–Crippen MR) is 122 cm³/mol. The van der Waals surface area contributed by atoms with Crippen LogP contribution in [0.3, 0.4) is 0 Å². The number of aromatic hydroxyl groups is 2. The second-order valence-electron chi connectivity index (χ2n) is 6.77. The fourth-order valence-electron chi connectivity index (χ4n) is 3.53. The van der Waals surface area contributed by atoms with Crippen LogP contribution in [0, 0.1) is 6.92 Å². The molecule has 2 aromatic carbocycles. The minimum atomic E-state index is -0.0517. The summed E-state index contributed by atoms with van der Waals surface area (Å²) in [5, 5.41) is 23.9. The smallest absolute Gasteiger partial charge is 0.177 e. The van der Waals surface area contributed by atoms with E-state index in [1.165, 1.54) is 6.07 Å². The van der Waals surface area contributed by atoms with E-state index in [0.29, 0.717) is 22.8 Å². The van der Waals surface area contributed by atoms with E-state index in [0.717, 1.165) is 34.7 Å². The molecule has 0 amide bonds. The van der Waals surface area contributed by atoms with E-state index in [2.05, 4.69) is 28.4 Å². The van der Waals surface area contributed by atoms with Crippen LogP contribution in [0.4, 0.5) is 5.69 Å². The van der Waals surface area contributed by atoms with Gasteiger partial charge in [0.25, 0.3) is 0 Å². The molecule has 0 unspecified atom stereocenters. The first-order chi connectivity index (χ1) is 13.8. The van der Waals surface area contributed by atoms with Crippen molar-refractivity contribution in [3.05, 3.63) is 53.9 Å². The summed E-state index contributed by atoms with van der Waals surface area (Å²) in [7, 11) is 1.75. The predicted octanol–water partition coefficient (Wildman–Crippen LogP) is 4.32. The van der Waals surface area contributed by atoms with Gasteiger partial charge < -0.3 is 20.1 Å². The molecule has 0 saturated carbocycles. The highest BCUT2D eigenvalue weighted by molar-refractivity contribution is 7.80. The Hall–Kier alpha value is -3.06. The highest BCUT2D eigenvalue weighted by atomic mass is 32.1. The molecule has 152 valence electrons. The Balaban J connectivity index is 2.16. The van der Waals surface area contributed by atoms with Gasteiger partial charge in [-0.15, -0.1) is 0 Å². The number of phenolic OH excluding ortho intramolecular Hbond substituents is 2. The van der Waals surface area contributed by atoms with Gasteiger partial charge in [0.05, 0.1) is 22.4 Å². The van der Waals surface area contributed by atoms with E-state index >= 15 is 0 Å². The summed E-state index contributed by atoms with van der Waals surface area (Å²) in [5.41, 5.74) is 4.47. The second-order valence-corrected chi connectivity index (χ2v) is 7.15. The number of anilines is 1. The van der Waals surface area contributed by atoms with E-state index in [9.17, 15) is 10.2 Å². The van der Waals surface area contributed by atoms with Crippen molar-refractivity contribution in [3.63, 3.8) is 0 Å². The van der Waals surface area contributed by atoms with Crippen LogP contribution in [0.5, 0.6) is 11.5 Å². The lowest BCUT2D eigenvalue weighted by molar-refractivity contribution is 0.445. The molecule has 0 atom stereocenters. The maximum Gasteiger partial charge on any atom is 0.177 e. The van der Waals surface area contributed by atoms with Crippen molar-refractivity contribution in [2.75, 3.05) is 11.9 Å². The van der Waals surface area contributed by atoms with E-state index in [1.807, 2.05) is 32.0 Å². The molecule has 3 N–H and O–H groups in total. The number of benzene rings is 2. The molecule has 29 heavy (non-hydrogen) atoms. The Kier molecular flexibility index (Phi) is 5.79. The van der Waals surface area contributed by atoms with Crippen molar-refractivity contribution in [3.8, 4) is 11.5 Å². The molecule has 0 radical (unpaired) electrons. The number of nitrogens with zero attached hydrogens (tertiary/aromatic N) is 3. The Morgan fingerprint density at radius 2 is 1.93 bits per heavy atom. The third-order valence-corrected chi connectivity index (χ3v) is 5.46. The topological polar surface area (TPSA) is 73.6 Å². The number of fused-ring (bicyclic) bond motifs is 1. The third-order valence-electron chi connectivity index (χ3n) is 5.07. The molecule has 0 saturated heterocycles. The van der Waals surface area contributed by atoms with Crippen LogP contribution in [0.1, 0.15) is 30.8 Å². The average molecular weight is 411 g/mol. The van der Waals surface area contributed by atoms with Crippen LogP contribution in [0.25, 0.3) is 16.7 Å². The summed E-state index contributed by atoms with van der Waals surface area (Å²) >= 11 is 5.55. The fourth-order valence-corrected chi connectivity index (χ4v) is 3.75. The first kappa shape index (κ1) is 20.7. The summed E-state index contributed by atoms with van der Waals surface area (Å²) in [4.78, 5) is 6.39. The first-order valence-electron chi connectivity index (χ1n) is 9.55. The molecule has 0 aliphatic heterocycles. The molecule has 1 aromatic heterocycles. The zero-order chi connectivity index (χ0) is 21.3. The zero-order valence-corrected chi connectivity index (χ0v) is 18.0. The minimum Gasteiger partial charge on any atom is -0.508 e. The van der Waals surface area contributed by atoms with Crippen LogP contribution in [-0.4, -0.2) is 31.9 Å². The molecular weight excluding hydrogens is 384 g/mol. The van der Waals surface area contributed by atoms with Crippen LogP contribution >= 0.6 is 12.2 Å². The average Bonchev–Trinajstić information content (AvgIpc) is 3.02. The van der Waals surface area contributed by atoms with E-state index < -0.39 is 0 Å². The van der Waals surface area contributed by atoms with Crippen molar-refractivity contribution in [2.45, 2.75) is 33.7 Å². The van der Waals surface area contributed by atoms with Crippen molar-refractivity contribution in [2.24, 2.45) is 0 Å². The van der Waals surface area contributed by atoms with Crippen molar-refractivity contribution >= 4 is 39.7 Å². The Labute approximate surface area is 176 Å². The van der Waals surface area contributed by atoms with Crippen molar-refractivity contribution in [1.82, 2.24) is 14.9 Å². The lowest BCUT2D eigenvalue weighted by atomic mass is 10.0. The molecule has 1 heterocycles. The normalized spacial score (nSPS) is 10.9. The van der Waals surface area contributed by atoms with Gasteiger partial charge in [-0.05, 0) is 62.3 Å². The zero-order valence-electron chi connectivity index (χ0n) is 17.2. The maximum atomic E-state index is 10.5. The number of hydrogen-bond acceptors (Lipinski definition) is 4. The molecule has 6 nitrogen and oxygen atoms in total. The molecule has 3 aromatic rings. The SMILES string of the molecule is C=C(c1cc(CC)c(O)cc1O)N(C(=S)NC)c1ccc2nc(C)n(CC)c2c1. The van der Waals surface area contributed by atoms with E-state index in [1.54, 1.807) is 18.0 Å². The van der Waals surface area contributed by atoms with Gasteiger partial charge in [0.1, 0.15) is 17.3 Å². The molecule has 0 bridgehead atoms. The molecule has 0 aliphatic rings. The molecular formula is C22H26N4O2S. The fraction of sp³-hybridized carbons (Fsp3) is 0.273. The molecule has 0 spiro atoms. The van der Waals surface area contributed by atoms with Gasteiger partial charge in [-0.25, -0.2) is 4.98 Å². The number of nitrogens with one attached hydrogen (secondary N) is 1. The number of thiocarbonyl (C=S) groups is 1. The monoisotopic (exact) mass is 410 g/mol. The number of rotatable bonds is 5. The van der Waals surface area contributed by atoms with E-state index in [-0.39, 0.29) is 11.5 Å². The second kappa shape index (κ2) is 8.13. The van der Waals surface area contributed by atoms with Crippen molar-refractivity contribution in [1.29, 1.82) is 0 Å². The molecule has 3 rings (SSSR count). The van der Waals surface area contributed by atoms with Gasteiger partial charge in [-0.1, -0.05) is 13.5 Å². The van der Waals surface area contributed by atoms with Gasteiger partial charge in [0.15, 0.2) is 5.11 Å². The van der Waals surface area contributed by atoms with Gasteiger partial charge >= 0.3 is 0 Å². The summed E-state index contributed by atoms with van der Waals surface area (Å²) in [6.07, 6.45) is 0.629. The van der Waals surface area contributed by atoms with Crippen LogP contribution in [0.2, 0.25) is 0 Å².